The van der Waals surface area contributed by atoms with Gasteiger partial charge in [0.1, 0.15) is 5.38 Å². The van der Waals surface area contributed by atoms with Crippen molar-refractivity contribution in [3.05, 3.63) is 0 Å². The molecule has 1 saturated heterocycles. The molecule has 18 heavy (non-hydrogen) atoms. The minimum atomic E-state index is -2.44. The summed E-state index contributed by atoms with van der Waals surface area (Å²) in [4.78, 5) is 0. The zero-order chi connectivity index (χ0) is 14.8. The maximum Gasteiger partial charge on any atom is 0.256 e. The molecule has 0 aromatic rings. The van der Waals surface area contributed by atoms with Gasteiger partial charge in [-0.25, -0.2) is 0 Å². The second-order valence-electron chi connectivity index (χ2n) is 3.31. The molecule has 0 N–H and O–H groups in total. The maximum absolute atomic E-state index is 5.95. The van der Waals surface area contributed by atoms with Crippen LogP contribution in [0.25, 0.3) is 0 Å². The van der Waals surface area contributed by atoms with Gasteiger partial charge in [-0.3, -0.25) is 0 Å². The minimum Gasteiger partial charge on any atom is -0.306 e. The van der Waals surface area contributed by atoms with E-state index in [2.05, 4.69) is 0 Å². The number of rotatable bonds is 0. The Morgan fingerprint density at radius 1 is 0.667 bits per heavy atom. The van der Waals surface area contributed by atoms with Crippen molar-refractivity contribution in [2.24, 2.45) is 0 Å². The van der Waals surface area contributed by atoms with Gasteiger partial charge < -0.3 is 4.74 Å². The van der Waals surface area contributed by atoms with E-state index in [-0.39, 0.29) is 0 Å². The number of alkyl halides is 11. The van der Waals surface area contributed by atoms with E-state index in [1.807, 2.05) is 0 Å². The van der Waals surface area contributed by atoms with Gasteiger partial charge in [0.15, 0.2) is 8.67 Å². The van der Waals surface area contributed by atoms with Crippen molar-refractivity contribution >= 4 is 128 Å². The van der Waals surface area contributed by atoms with Crippen LogP contribution < -0.4 is 0 Å². The molecule has 1 rings (SSSR count). The van der Waals surface area contributed by atoms with Gasteiger partial charge in [0.05, 0.1) is 0 Å². The predicted molar refractivity (Wildman–Crippen MR) is 82.9 cm³/mol. The van der Waals surface area contributed by atoms with Crippen molar-refractivity contribution in [1.29, 1.82) is 0 Å². The molecule has 12 heteroatoms. The van der Waals surface area contributed by atoms with Crippen LogP contribution in [0.5, 0.6) is 0 Å². The lowest BCUT2D eigenvalue weighted by atomic mass is 10.1. The second-order valence-corrected chi connectivity index (χ2v) is 10.4. The summed E-state index contributed by atoms with van der Waals surface area (Å²) in [7, 11) is 0. The quantitative estimate of drug-likeness (QED) is 0.365. The first-order valence-corrected chi connectivity index (χ1v) is 8.06. The smallest absolute Gasteiger partial charge is 0.256 e. The molecule has 1 aliphatic heterocycles. The second kappa shape index (κ2) is 5.35. The molecule has 0 spiro atoms. The summed E-state index contributed by atoms with van der Waals surface area (Å²) in [6.07, 6.45) is 0. The average Bonchev–Trinajstić information content (AvgIpc) is 2.13. The molecule has 0 saturated carbocycles. The lowest BCUT2D eigenvalue weighted by Gasteiger charge is -2.42. The van der Waals surface area contributed by atoms with Crippen LogP contribution in [0.1, 0.15) is 0 Å². The monoisotopic (exact) mass is 474 g/mol. The van der Waals surface area contributed by atoms with Crippen molar-refractivity contribution in [3.8, 4) is 0 Å². The molecule has 1 aliphatic rings. The highest BCUT2D eigenvalue weighted by Crippen LogP contribution is 2.68. The van der Waals surface area contributed by atoms with Gasteiger partial charge in [-0.05, 0) is 0 Å². The number of ether oxygens (including phenoxy) is 1. The van der Waals surface area contributed by atoms with Crippen LogP contribution in [-0.4, -0.2) is 27.4 Å². The SMILES string of the molecule is ClC1C(Cl)(Cl)OC(Cl)(Cl)C(Cl)(Cl)C(Cl)(Cl)C1(Cl)Cl. The standard InChI is InChI=1S/C6HCl11O/c7-1-2(8,9)4(12,13)5(14,15)6(16,17)18-3(1,10)11/h1H. The molecule has 1 nitrogen and oxygen atoms in total. The van der Waals surface area contributed by atoms with E-state index in [9.17, 15) is 0 Å². The van der Waals surface area contributed by atoms with Gasteiger partial charge in [-0.2, -0.15) is 0 Å². The Bertz CT molecular complexity index is 347. The summed E-state index contributed by atoms with van der Waals surface area (Å²) < 4.78 is -6.80. The van der Waals surface area contributed by atoms with Crippen molar-refractivity contribution < 1.29 is 4.74 Å². The number of hydrogen-bond donors (Lipinski definition) is 0. The third kappa shape index (κ3) is 2.72. The van der Waals surface area contributed by atoms with Crippen LogP contribution >= 0.6 is 128 Å². The Hall–Kier alpha value is 3.15. The van der Waals surface area contributed by atoms with Crippen LogP contribution in [0.4, 0.5) is 0 Å². The fourth-order valence-corrected chi connectivity index (χ4v) is 4.67. The molecule has 1 fully saturated rings. The first-order valence-electron chi connectivity index (χ1n) is 3.84. The van der Waals surface area contributed by atoms with Crippen molar-refractivity contribution in [3.63, 3.8) is 0 Å². The summed E-state index contributed by atoms with van der Waals surface area (Å²) in [5, 5.41) is -1.57. The van der Waals surface area contributed by atoms with Gasteiger partial charge in [0, 0.05) is 0 Å². The normalized spacial score (nSPS) is 35.8. The van der Waals surface area contributed by atoms with Crippen LogP contribution in [-0.2, 0) is 4.74 Å². The Labute approximate surface area is 158 Å². The lowest BCUT2D eigenvalue weighted by Crippen LogP contribution is -2.58. The van der Waals surface area contributed by atoms with Gasteiger partial charge in [0.25, 0.3) is 4.52 Å². The van der Waals surface area contributed by atoms with E-state index in [0.29, 0.717) is 0 Å². The Balaban J connectivity index is 3.55. The number of halogens is 11. The third-order valence-electron chi connectivity index (χ3n) is 2.06. The molecule has 1 unspecified atom stereocenters. The van der Waals surface area contributed by atoms with E-state index in [1.165, 1.54) is 0 Å². The molecule has 0 amide bonds. The molecule has 1 atom stereocenters. The van der Waals surface area contributed by atoms with E-state index in [0.717, 1.165) is 0 Å². The summed E-state index contributed by atoms with van der Waals surface area (Å²) in [5.74, 6) is 0. The van der Waals surface area contributed by atoms with Gasteiger partial charge in [-0.15, -0.1) is 11.6 Å². The third-order valence-corrected chi connectivity index (χ3v) is 8.88. The zero-order valence-corrected chi connectivity index (χ0v) is 16.0. The highest BCUT2D eigenvalue weighted by molar-refractivity contribution is 6.75. The highest BCUT2D eigenvalue weighted by atomic mass is 35.6. The number of hydrogen-bond acceptors (Lipinski definition) is 1. The molecule has 108 valence electrons. The first-order chi connectivity index (χ1) is 7.61. The lowest BCUT2D eigenvalue weighted by molar-refractivity contribution is 0.0292. The van der Waals surface area contributed by atoms with E-state index < -0.39 is 27.4 Å². The Kier molecular flexibility index (Phi) is 5.71. The molecule has 0 bridgehead atoms. The first kappa shape index (κ1) is 19.2. The van der Waals surface area contributed by atoms with Gasteiger partial charge in [-0.1, -0.05) is 116 Å². The van der Waals surface area contributed by atoms with Crippen molar-refractivity contribution in [1.82, 2.24) is 0 Å². The van der Waals surface area contributed by atoms with Crippen LogP contribution in [0.2, 0.25) is 0 Å². The molecule has 0 aromatic heterocycles. The molecular formula is C6HCl11O. The van der Waals surface area contributed by atoms with Gasteiger partial charge >= 0.3 is 0 Å². The molecular weight excluding hydrogens is 478 g/mol. The maximum atomic E-state index is 5.95. The van der Waals surface area contributed by atoms with Crippen molar-refractivity contribution in [2.75, 3.05) is 0 Å². The summed E-state index contributed by atoms with van der Waals surface area (Å²) in [6.45, 7) is 0. The average molecular weight is 479 g/mol. The molecule has 0 aliphatic carbocycles. The summed E-state index contributed by atoms with van der Waals surface area (Å²) in [5.41, 5.74) is 0. The Morgan fingerprint density at radius 3 is 1.44 bits per heavy atom. The van der Waals surface area contributed by atoms with Crippen LogP contribution in [0.15, 0.2) is 0 Å². The van der Waals surface area contributed by atoms with Crippen LogP contribution in [0, 0.1) is 0 Å². The summed E-state index contributed by atoms with van der Waals surface area (Å²) in [6, 6.07) is 0. The topological polar surface area (TPSA) is 9.23 Å². The highest BCUT2D eigenvalue weighted by Gasteiger charge is 2.77. The predicted octanol–water partition coefficient (Wildman–Crippen LogP) is 6.41. The Morgan fingerprint density at radius 2 is 1.06 bits per heavy atom. The van der Waals surface area contributed by atoms with E-state index in [1.54, 1.807) is 0 Å². The fraction of sp³-hybridized carbons (Fsp3) is 1.00. The zero-order valence-electron chi connectivity index (χ0n) is 7.64. The molecule has 1 heterocycles. The molecule has 0 aromatic carbocycles. The van der Waals surface area contributed by atoms with Crippen molar-refractivity contribution in [2.45, 2.75) is 27.4 Å². The summed E-state index contributed by atoms with van der Waals surface area (Å²) >= 11 is 64.7. The fourth-order valence-electron chi connectivity index (χ4n) is 1.05. The minimum absolute atomic E-state index is 1.57. The van der Waals surface area contributed by atoms with Crippen LogP contribution in [0.3, 0.4) is 0 Å². The molecule has 0 radical (unpaired) electrons. The largest absolute Gasteiger partial charge is 0.306 e. The van der Waals surface area contributed by atoms with E-state index in [4.69, 9.17) is 132 Å². The van der Waals surface area contributed by atoms with E-state index >= 15 is 0 Å². The van der Waals surface area contributed by atoms with Gasteiger partial charge in [0.2, 0.25) is 8.85 Å².